The Bertz CT molecular complexity index is 403. The Morgan fingerprint density at radius 1 is 1.22 bits per heavy atom. The van der Waals surface area contributed by atoms with Gasteiger partial charge in [-0.3, -0.25) is 9.69 Å². The van der Waals surface area contributed by atoms with E-state index in [2.05, 4.69) is 0 Å². The van der Waals surface area contributed by atoms with E-state index in [-0.39, 0.29) is 11.9 Å². The molecule has 0 fully saturated rings. The minimum absolute atomic E-state index is 0.0848. The zero-order valence-electron chi connectivity index (χ0n) is 11.1. The normalized spacial score (nSPS) is 11.7. The zero-order chi connectivity index (χ0) is 13.5. The molecular formula is C14H19NO3. The van der Waals surface area contributed by atoms with Gasteiger partial charge in [-0.1, -0.05) is 32.0 Å². The van der Waals surface area contributed by atoms with Crippen molar-refractivity contribution in [2.75, 3.05) is 12.0 Å². The van der Waals surface area contributed by atoms with Gasteiger partial charge in [-0.25, -0.2) is 4.79 Å². The maximum absolute atomic E-state index is 12.1. The Labute approximate surface area is 108 Å². The molecule has 0 aromatic heterocycles. The molecule has 0 saturated heterocycles. The third-order valence-electron chi connectivity index (χ3n) is 2.78. The largest absolute Gasteiger partial charge is 0.467 e. The lowest BCUT2D eigenvalue weighted by atomic mass is 10.1. The lowest BCUT2D eigenvalue weighted by molar-refractivity contribution is -0.143. The van der Waals surface area contributed by atoms with Crippen molar-refractivity contribution in [1.29, 1.82) is 0 Å². The van der Waals surface area contributed by atoms with Crippen molar-refractivity contribution >= 4 is 17.6 Å². The SMILES string of the molecule is CCC(=O)N(c1ccccc1)[C@@H](CC)C(=O)OC. The number of carbonyl (C=O) groups is 2. The molecule has 98 valence electrons. The summed E-state index contributed by atoms with van der Waals surface area (Å²) >= 11 is 0. The number of ether oxygens (including phenoxy) is 1. The molecule has 0 aliphatic carbocycles. The predicted octanol–water partition coefficient (Wildman–Crippen LogP) is 2.38. The van der Waals surface area contributed by atoms with E-state index < -0.39 is 6.04 Å². The number of hydrogen-bond donors (Lipinski definition) is 0. The highest BCUT2D eigenvalue weighted by molar-refractivity contribution is 5.99. The van der Waals surface area contributed by atoms with E-state index in [1.165, 1.54) is 12.0 Å². The maximum atomic E-state index is 12.1. The number of anilines is 1. The highest BCUT2D eigenvalue weighted by Gasteiger charge is 2.29. The molecule has 0 saturated carbocycles. The fourth-order valence-electron chi connectivity index (χ4n) is 1.85. The zero-order valence-corrected chi connectivity index (χ0v) is 11.1. The van der Waals surface area contributed by atoms with Crippen LogP contribution in [0.3, 0.4) is 0 Å². The molecule has 18 heavy (non-hydrogen) atoms. The summed E-state index contributed by atoms with van der Waals surface area (Å²) in [7, 11) is 1.34. The molecule has 0 spiro atoms. The molecule has 1 atom stereocenters. The summed E-state index contributed by atoms with van der Waals surface area (Å²) in [6, 6.07) is 8.63. The number of rotatable bonds is 5. The number of hydrogen-bond acceptors (Lipinski definition) is 3. The van der Waals surface area contributed by atoms with Gasteiger partial charge in [-0.15, -0.1) is 0 Å². The van der Waals surface area contributed by atoms with Crippen LogP contribution in [-0.4, -0.2) is 25.0 Å². The van der Waals surface area contributed by atoms with Crippen LogP contribution in [0.25, 0.3) is 0 Å². The number of esters is 1. The van der Waals surface area contributed by atoms with Crippen LogP contribution in [0.4, 0.5) is 5.69 Å². The van der Waals surface area contributed by atoms with Gasteiger partial charge >= 0.3 is 5.97 Å². The summed E-state index contributed by atoms with van der Waals surface area (Å²) in [5.74, 6) is -0.471. The minimum atomic E-state index is -0.565. The number of carbonyl (C=O) groups excluding carboxylic acids is 2. The van der Waals surface area contributed by atoms with Crippen molar-refractivity contribution in [3.63, 3.8) is 0 Å². The topological polar surface area (TPSA) is 46.6 Å². The first-order valence-corrected chi connectivity index (χ1v) is 6.10. The quantitative estimate of drug-likeness (QED) is 0.753. The van der Waals surface area contributed by atoms with Crippen LogP contribution in [0, 0.1) is 0 Å². The summed E-state index contributed by atoms with van der Waals surface area (Å²) in [4.78, 5) is 25.3. The lowest BCUT2D eigenvalue weighted by Gasteiger charge is -2.29. The molecule has 0 radical (unpaired) electrons. The minimum Gasteiger partial charge on any atom is -0.467 e. The van der Waals surface area contributed by atoms with E-state index in [0.29, 0.717) is 12.8 Å². The Morgan fingerprint density at radius 2 is 1.83 bits per heavy atom. The molecule has 4 heteroatoms. The van der Waals surface area contributed by atoms with Crippen LogP contribution in [0.1, 0.15) is 26.7 Å². The predicted molar refractivity (Wildman–Crippen MR) is 70.3 cm³/mol. The average Bonchev–Trinajstić information content (AvgIpc) is 2.43. The van der Waals surface area contributed by atoms with Gasteiger partial charge in [0.1, 0.15) is 6.04 Å². The standard InChI is InChI=1S/C14H19NO3/c1-4-12(14(17)18-3)15(13(16)5-2)11-9-7-6-8-10-11/h6-10,12H,4-5H2,1-3H3/t12-/m0/s1. The summed E-state index contributed by atoms with van der Waals surface area (Å²) in [5.41, 5.74) is 0.724. The summed E-state index contributed by atoms with van der Waals surface area (Å²) in [6.07, 6.45) is 0.871. The van der Waals surface area contributed by atoms with Crippen molar-refractivity contribution in [3.05, 3.63) is 30.3 Å². The smallest absolute Gasteiger partial charge is 0.328 e. The summed E-state index contributed by atoms with van der Waals surface area (Å²) in [5, 5.41) is 0. The maximum Gasteiger partial charge on any atom is 0.328 e. The molecule has 1 aromatic carbocycles. The second-order valence-corrected chi connectivity index (χ2v) is 3.90. The highest BCUT2D eigenvalue weighted by atomic mass is 16.5. The van der Waals surface area contributed by atoms with E-state index in [9.17, 15) is 9.59 Å². The van der Waals surface area contributed by atoms with Gasteiger partial charge in [0.25, 0.3) is 0 Å². The monoisotopic (exact) mass is 249 g/mol. The molecule has 0 aliphatic heterocycles. The fourth-order valence-corrected chi connectivity index (χ4v) is 1.85. The number of methoxy groups -OCH3 is 1. The first-order valence-electron chi connectivity index (χ1n) is 6.10. The molecule has 0 bridgehead atoms. The van der Waals surface area contributed by atoms with Gasteiger partial charge in [-0.2, -0.15) is 0 Å². The van der Waals surface area contributed by atoms with Crippen molar-refractivity contribution in [3.8, 4) is 0 Å². The van der Waals surface area contributed by atoms with Gasteiger partial charge in [0, 0.05) is 12.1 Å². The van der Waals surface area contributed by atoms with Crippen LogP contribution in [0.2, 0.25) is 0 Å². The second-order valence-electron chi connectivity index (χ2n) is 3.90. The van der Waals surface area contributed by atoms with Crippen molar-refractivity contribution in [1.82, 2.24) is 0 Å². The summed E-state index contributed by atoms with van der Waals surface area (Å²) < 4.78 is 4.77. The average molecular weight is 249 g/mol. The van der Waals surface area contributed by atoms with Crippen molar-refractivity contribution in [2.24, 2.45) is 0 Å². The van der Waals surface area contributed by atoms with Gasteiger partial charge in [0.2, 0.25) is 5.91 Å². The fraction of sp³-hybridized carbons (Fsp3) is 0.429. The first kappa shape index (κ1) is 14.2. The van der Waals surface area contributed by atoms with E-state index in [1.54, 1.807) is 6.92 Å². The second kappa shape index (κ2) is 6.79. The van der Waals surface area contributed by atoms with Crippen LogP contribution >= 0.6 is 0 Å². The van der Waals surface area contributed by atoms with Gasteiger partial charge in [0.15, 0.2) is 0 Å². The Kier molecular flexibility index (Phi) is 5.36. The van der Waals surface area contributed by atoms with Crippen molar-refractivity contribution < 1.29 is 14.3 Å². The molecule has 4 nitrogen and oxygen atoms in total. The Balaban J connectivity index is 3.12. The molecule has 0 unspecified atom stereocenters. The molecule has 1 aromatic rings. The van der Waals surface area contributed by atoms with Crippen LogP contribution in [0.5, 0.6) is 0 Å². The number of amides is 1. The van der Waals surface area contributed by atoms with Crippen LogP contribution in [-0.2, 0) is 14.3 Å². The number of benzene rings is 1. The van der Waals surface area contributed by atoms with Gasteiger partial charge in [0.05, 0.1) is 7.11 Å². The molecule has 0 heterocycles. The van der Waals surface area contributed by atoms with Crippen LogP contribution in [0.15, 0.2) is 30.3 Å². The Morgan fingerprint density at radius 3 is 2.28 bits per heavy atom. The van der Waals surface area contributed by atoms with E-state index >= 15 is 0 Å². The third kappa shape index (κ3) is 3.09. The molecule has 0 aliphatic rings. The van der Waals surface area contributed by atoms with E-state index in [1.807, 2.05) is 37.3 Å². The van der Waals surface area contributed by atoms with Crippen LogP contribution < -0.4 is 4.90 Å². The molecule has 1 rings (SSSR count). The van der Waals surface area contributed by atoms with E-state index in [4.69, 9.17) is 4.74 Å². The molecule has 0 N–H and O–H groups in total. The molecular weight excluding hydrogens is 230 g/mol. The summed E-state index contributed by atoms with van der Waals surface area (Å²) in [6.45, 7) is 3.64. The van der Waals surface area contributed by atoms with Crippen molar-refractivity contribution in [2.45, 2.75) is 32.7 Å². The van der Waals surface area contributed by atoms with E-state index in [0.717, 1.165) is 5.69 Å². The molecule has 1 amide bonds. The number of nitrogens with zero attached hydrogens (tertiary/aromatic N) is 1. The Hall–Kier alpha value is -1.84. The third-order valence-corrected chi connectivity index (χ3v) is 2.78. The van der Waals surface area contributed by atoms with Gasteiger partial charge in [-0.05, 0) is 18.6 Å². The number of para-hydroxylation sites is 1. The lowest BCUT2D eigenvalue weighted by Crippen LogP contribution is -2.45. The van der Waals surface area contributed by atoms with Gasteiger partial charge < -0.3 is 4.74 Å². The highest BCUT2D eigenvalue weighted by Crippen LogP contribution is 2.20. The first-order chi connectivity index (χ1) is 8.65.